The molecule has 0 aliphatic heterocycles. The standard InChI is InChI=1S/C15H16ClN3O2/c1-10(2)9-21-13-6-4-3-5-11(13)19-15(20)12-7-18-14(16)8-17-12/h3-8,10H,9H2,1-2H3,(H,19,20). The molecule has 110 valence electrons. The average molecular weight is 306 g/mol. The third-order valence-electron chi connectivity index (χ3n) is 2.56. The molecule has 0 aliphatic carbocycles. The fraction of sp³-hybridized carbons (Fsp3) is 0.267. The van der Waals surface area contributed by atoms with Crippen LogP contribution in [-0.4, -0.2) is 22.5 Å². The van der Waals surface area contributed by atoms with Gasteiger partial charge in [-0.05, 0) is 18.1 Å². The van der Waals surface area contributed by atoms with Crippen molar-refractivity contribution in [3.8, 4) is 5.75 Å². The highest BCUT2D eigenvalue weighted by Crippen LogP contribution is 2.24. The molecule has 21 heavy (non-hydrogen) atoms. The first-order chi connectivity index (χ1) is 10.1. The summed E-state index contributed by atoms with van der Waals surface area (Å²) in [5, 5.41) is 3.00. The van der Waals surface area contributed by atoms with Gasteiger partial charge < -0.3 is 10.1 Å². The summed E-state index contributed by atoms with van der Waals surface area (Å²) in [4.78, 5) is 19.9. The van der Waals surface area contributed by atoms with E-state index in [1.165, 1.54) is 12.4 Å². The second-order valence-electron chi connectivity index (χ2n) is 4.88. The molecule has 6 heteroatoms. The number of nitrogens with zero attached hydrogens (tertiary/aromatic N) is 2. The zero-order valence-electron chi connectivity index (χ0n) is 11.8. The SMILES string of the molecule is CC(C)COc1ccccc1NC(=O)c1cnc(Cl)cn1. The number of para-hydroxylation sites is 2. The third-order valence-corrected chi connectivity index (χ3v) is 2.76. The Bertz CT molecular complexity index is 615. The molecular formula is C15H16ClN3O2. The van der Waals surface area contributed by atoms with Crippen LogP contribution in [0, 0.1) is 5.92 Å². The summed E-state index contributed by atoms with van der Waals surface area (Å²) in [5.74, 6) is 0.664. The Kier molecular flexibility index (Phi) is 5.11. The highest BCUT2D eigenvalue weighted by atomic mass is 35.5. The molecule has 1 aromatic heterocycles. The molecule has 0 bridgehead atoms. The Labute approximate surface area is 128 Å². The van der Waals surface area contributed by atoms with E-state index in [1.54, 1.807) is 6.07 Å². The molecule has 1 aromatic carbocycles. The number of ether oxygens (including phenoxy) is 1. The molecule has 0 radical (unpaired) electrons. The van der Waals surface area contributed by atoms with E-state index < -0.39 is 0 Å². The van der Waals surface area contributed by atoms with Crippen LogP contribution >= 0.6 is 11.6 Å². The zero-order chi connectivity index (χ0) is 15.2. The van der Waals surface area contributed by atoms with Crippen LogP contribution in [0.1, 0.15) is 24.3 Å². The van der Waals surface area contributed by atoms with Gasteiger partial charge in [0.15, 0.2) is 0 Å². The van der Waals surface area contributed by atoms with Crippen LogP contribution in [0.15, 0.2) is 36.7 Å². The molecule has 0 atom stereocenters. The van der Waals surface area contributed by atoms with Crippen LogP contribution in [0.2, 0.25) is 5.15 Å². The van der Waals surface area contributed by atoms with Gasteiger partial charge in [0, 0.05) is 0 Å². The molecule has 0 saturated carbocycles. The van der Waals surface area contributed by atoms with Crippen molar-refractivity contribution in [3.05, 3.63) is 47.5 Å². The van der Waals surface area contributed by atoms with Crippen LogP contribution in [-0.2, 0) is 0 Å². The van der Waals surface area contributed by atoms with Crippen molar-refractivity contribution in [2.24, 2.45) is 5.92 Å². The van der Waals surface area contributed by atoms with Gasteiger partial charge in [0.05, 0.1) is 24.7 Å². The lowest BCUT2D eigenvalue weighted by Crippen LogP contribution is -2.15. The van der Waals surface area contributed by atoms with Gasteiger partial charge in [-0.3, -0.25) is 4.79 Å². The summed E-state index contributed by atoms with van der Waals surface area (Å²) >= 11 is 5.65. The predicted molar refractivity (Wildman–Crippen MR) is 81.8 cm³/mol. The number of amides is 1. The van der Waals surface area contributed by atoms with E-state index in [4.69, 9.17) is 16.3 Å². The van der Waals surface area contributed by atoms with Crippen molar-refractivity contribution in [2.75, 3.05) is 11.9 Å². The van der Waals surface area contributed by atoms with Crippen LogP contribution in [0.4, 0.5) is 5.69 Å². The quantitative estimate of drug-likeness (QED) is 0.919. The number of nitrogens with one attached hydrogen (secondary N) is 1. The Morgan fingerprint density at radius 2 is 2.05 bits per heavy atom. The van der Waals surface area contributed by atoms with E-state index in [0.29, 0.717) is 24.0 Å². The van der Waals surface area contributed by atoms with E-state index in [0.717, 1.165) is 0 Å². The van der Waals surface area contributed by atoms with Gasteiger partial charge in [0.1, 0.15) is 16.6 Å². The first kappa shape index (κ1) is 15.3. The molecule has 2 rings (SSSR count). The molecule has 0 unspecified atom stereocenters. The topological polar surface area (TPSA) is 64.1 Å². The monoisotopic (exact) mass is 305 g/mol. The first-order valence-corrected chi connectivity index (χ1v) is 6.95. The van der Waals surface area contributed by atoms with Crippen molar-refractivity contribution in [2.45, 2.75) is 13.8 Å². The molecule has 0 fully saturated rings. The number of carbonyl (C=O) groups is 1. The van der Waals surface area contributed by atoms with E-state index in [2.05, 4.69) is 29.1 Å². The van der Waals surface area contributed by atoms with E-state index >= 15 is 0 Å². The van der Waals surface area contributed by atoms with E-state index in [9.17, 15) is 4.79 Å². The fourth-order valence-corrected chi connectivity index (χ4v) is 1.67. The number of hydrogen-bond donors (Lipinski definition) is 1. The molecule has 5 nitrogen and oxygen atoms in total. The van der Waals surface area contributed by atoms with Gasteiger partial charge in [-0.15, -0.1) is 0 Å². The minimum Gasteiger partial charge on any atom is -0.491 e. The lowest BCUT2D eigenvalue weighted by Gasteiger charge is -2.13. The second-order valence-corrected chi connectivity index (χ2v) is 5.27. The number of benzene rings is 1. The molecule has 0 saturated heterocycles. The van der Waals surface area contributed by atoms with Crippen molar-refractivity contribution in [3.63, 3.8) is 0 Å². The summed E-state index contributed by atoms with van der Waals surface area (Å²) in [5.41, 5.74) is 0.790. The molecule has 2 aromatic rings. The summed E-state index contributed by atoms with van der Waals surface area (Å²) < 4.78 is 5.68. The third kappa shape index (κ3) is 4.43. The summed E-state index contributed by atoms with van der Waals surface area (Å²) in [7, 11) is 0. The number of aromatic nitrogens is 2. The van der Waals surface area contributed by atoms with Crippen LogP contribution < -0.4 is 10.1 Å². The maximum Gasteiger partial charge on any atom is 0.275 e. The number of hydrogen-bond acceptors (Lipinski definition) is 4. The number of halogens is 1. The maximum atomic E-state index is 12.1. The second kappa shape index (κ2) is 7.04. The Balaban J connectivity index is 2.11. The van der Waals surface area contributed by atoms with Crippen LogP contribution in [0.25, 0.3) is 0 Å². The highest BCUT2D eigenvalue weighted by Gasteiger charge is 2.11. The lowest BCUT2D eigenvalue weighted by atomic mass is 10.2. The average Bonchev–Trinajstić information content (AvgIpc) is 2.47. The van der Waals surface area contributed by atoms with Crippen molar-refractivity contribution < 1.29 is 9.53 Å². The molecule has 0 aliphatic rings. The van der Waals surface area contributed by atoms with Crippen LogP contribution in [0.3, 0.4) is 0 Å². The smallest absolute Gasteiger partial charge is 0.275 e. The number of rotatable bonds is 5. The molecule has 1 N–H and O–H groups in total. The van der Waals surface area contributed by atoms with Gasteiger partial charge >= 0.3 is 0 Å². The predicted octanol–water partition coefficient (Wildman–Crippen LogP) is 3.42. The van der Waals surface area contributed by atoms with Crippen molar-refractivity contribution in [1.29, 1.82) is 0 Å². The summed E-state index contributed by atoms with van der Waals surface area (Å²) in [6, 6.07) is 7.27. The van der Waals surface area contributed by atoms with E-state index in [-0.39, 0.29) is 16.8 Å². The minimum atomic E-state index is -0.361. The Hall–Kier alpha value is -2.14. The first-order valence-electron chi connectivity index (χ1n) is 6.57. The molecule has 1 amide bonds. The van der Waals surface area contributed by atoms with Gasteiger partial charge in [-0.2, -0.15) is 0 Å². The largest absolute Gasteiger partial charge is 0.491 e. The fourth-order valence-electron chi connectivity index (χ4n) is 1.57. The molecule has 1 heterocycles. The minimum absolute atomic E-state index is 0.193. The van der Waals surface area contributed by atoms with Crippen molar-refractivity contribution in [1.82, 2.24) is 9.97 Å². The zero-order valence-corrected chi connectivity index (χ0v) is 12.6. The van der Waals surface area contributed by atoms with Gasteiger partial charge in [-0.1, -0.05) is 37.6 Å². The maximum absolute atomic E-state index is 12.1. The molecular weight excluding hydrogens is 290 g/mol. The number of carbonyl (C=O) groups excluding carboxylic acids is 1. The van der Waals surface area contributed by atoms with Gasteiger partial charge in [-0.25, -0.2) is 9.97 Å². The van der Waals surface area contributed by atoms with Gasteiger partial charge in [0.25, 0.3) is 5.91 Å². The Morgan fingerprint density at radius 3 is 2.71 bits per heavy atom. The summed E-state index contributed by atoms with van der Waals surface area (Å²) in [6.07, 6.45) is 2.66. The van der Waals surface area contributed by atoms with Gasteiger partial charge in [0.2, 0.25) is 0 Å². The van der Waals surface area contributed by atoms with Crippen molar-refractivity contribution >= 4 is 23.2 Å². The summed E-state index contributed by atoms with van der Waals surface area (Å²) in [6.45, 7) is 4.70. The lowest BCUT2D eigenvalue weighted by molar-refractivity contribution is 0.102. The number of anilines is 1. The van der Waals surface area contributed by atoms with E-state index in [1.807, 2.05) is 18.2 Å². The normalized spacial score (nSPS) is 10.5. The highest BCUT2D eigenvalue weighted by molar-refractivity contribution is 6.29. The molecule has 0 spiro atoms. The van der Waals surface area contributed by atoms with Crippen LogP contribution in [0.5, 0.6) is 5.75 Å². The Morgan fingerprint density at radius 1 is 1.29 bits per heavy atom.